The Morgan fingerprint density at radius 2 is 1.66 bits per heavy atom. The second kappa shape index (κ2) is 12.6. The maximum atomic E-state index is 11.9. The molecule has 0 heterocycles. The number of carbonyl (C=O) groups is 3. The van der Waals surface area contributed by atoms with E-state index in [1.807, 2.05) is 6.92 Å². The lowest BCUT2D eigenvalue weighted by Crippen LogP contribution is -2.43. The van der Waals surface area contributed by atoms with Gasteiger partial charge in [0.15, 0.2) is 18.1 Å². The molecule has 0 saturated carbocycles. The first-order valence-electron chi connectivity index (χ1n) is 9.85. The van der Waals surface area contributed by atoms with Gasteiger partial charge in [-0.3, -0.25) is 20.4 Å². The van der Waals surface area contributed by atoms with Crippen molar-refractivity contribution in [3.63, 3.8) is 0 Å². The van der Waals surface area contributed by atoms with Crippen LogP contribution in [0.5, 0.6) is 17.2 Å². The third kappa shape index (κ3) is 7.67. The number of nitrogens with one attached hydrogen (secondary N) is 2. The van der Waals surface area contributed by atoms with Gasteiger partial charge in [0.1, 0.15) is 5.75 Å². The number of esters is 1. The van der Waals surface area contributed by atoms with E-state index in [0.717, 1.165) is 12.0 Å². The summed E-state index contributed by atoms with van der Waals surface area (Å²) in [5.74, 6) is 0.0121. The Morgan fingerprint density at radius 1 is 0.938 bits per heavy atom. The van der Waals surface area contributed by atoms with Gasteiger partial charge in [0, 0.05) is 6.08 Å². The van der Waals surface area contributed by atoms with Crippen molar-refractivity contribution in [2.75, 3.05) is 27.4 Å². The number of hydrazine groups is 1. The molecule has 0 aliphatic carbocycles. The number of methoxy groups -OCH3 is 2. The molecule has 0 saturated heterocycles. The topological polar surface area (TPSA) is 112 Å². The number of carbonyl (C=O) groups excluding carboxylic acids is 3. The SMILES string of the molecule is CCCOC(=O)c1ccc(OCC(=O)NNC(=O)/C=C/c2ccc(OC)c(OC)c2)cc1. The van der Waals surface area contributed by atoms with E-state index in [9.17, 15) is 14.4 Å². The molecule has 0 radical (unpaired) electrons. The minimum Gasteiger partial charge on any atom is -0.493 e. The van der Waals surface area contributed by atoms with E-state index in [1.165, 1.54) is 20.3 Å². The largest absolute Gasteiger partial charge is 0.493 e. The lowest BCUT2D eigenvalue weighted by molar-refractivity contribution is -0.128. The summed E-state index contributed by atoms with van der Waals surface area (Å²) in [6.07, 6.45) is 3.57. The molecule has 0 aliphatic heterocycles. The number of hydrogen-bond acceptors (Lipinski definition) is 7. The molecule has 2 rings (SSSR count). The van der Waals surface area contributed by atoms with Crippen molar-refractivity contribution in [1.82, 2.24) is 10.9 Å². The number of hydrogen-bond donors (Lipinski definition) is 2. The van der Waals surface area contributed by atoms with Gasteiger partial charge in [-0.25, -0.2) is 4.79 Å². The summed E-state index contributed by atoms with van der Waals surface area (Å²) < 4.78 is 20.7. The highest BCUT2D eigenvalue weighted by Gasteiger charge is 2.08. The Bertz CT molecular complexity index is 955. The summed E-state index contributed by atoms with van der Waals surface area (Å²) >= 11 is 0. The fraction of sp³-hybridized carbons (Fsp3) is 0.261. The van der Waals surface area contributed by atoms with E-state index in [1.54, 1.807) is 48.5 Å². The predicted molar refractivity (Wildman–Crippen MR) is 117 cm³/mol. The standard InChI is InChI=1S/C23H26N2O7/c1-4-13-31-23(28)17-7-9-18(10-8-17)32-15-22(27)25-24-21(26)12-6-16-5-11-19(29-2)20(14-16)30-3/h5-12,14H,4,13,15H2,1-3H3,(H,24,26)(H,25,27)/b12-6+. The van der Waals surface area contributed by atoms with E-state index in [4.69, 9.17) is 18.9 Å². The molecule has 2 N–H and O–H groups in total. The van der Waals surface area contributed by atoms with E-state index in [-0.39, 0.29) is 6.61 Å². The van der Waals surface area contributed by atoms with Gasteiger partial charge in [-0.1, -0.05) is 13.0 Å². The van der Waals surface area contributed by atoms with Crippen LogP contribution in [0, 0.1) is 0 Å². The Balaban J connectivity index is 1.76. The zero-order valence-corrected chi connectivity index (χ0v) is 18.2. The van der Waals surface area contributed by atoms with E-state index in [2.05, 4.69) is 10.9 Å². The fourth-order valence-corrected chi connectivity index (χ4v) is 2.45. The van der Waals surface area contributed by atoms with Crippen LogP contribution in [0.1, 0.15) is 29.3 Å². The molecule has 0 unspecified atom stereocenters. The minimum absolute atomic E-state index is 0.320. The molecular weight excluding hydrogens is 416 g/mol. The highest BCUT2D eigenvalue weighted by Crippen LogP contribution is 2.27. The fourth-order valence-electron chi connectivity index (χ4n) is 2.45. The summed E-state index contributed by atoms with van der Waals surface area (Å²) in [4.78, 5) is 35.5. The third-order valence-electron chi connectivity index (χ3n) is 4.06. The summed E-state index contributed by atoms with van der Waals surface area (Å²) in [5.41, 5.74) is 5.62. The van der Waals surface area contributed by atoms with Crippen LogP contribution in [0.4, 0.5) is 0 Å². The van der Waals surface area contributed by atoms with Crippen LogP contribution in [0.25, 0.3) is 6.08 Å². The van der Waals surface area contributed by atoms with Gasteiger partial charge in [-0.2, -0.15) is 0 Å². The first-order chi connectivity index (χ1) is 15.5. The molecule has 0 fully saturated rings. The summed E-state index contributed by atoms with van der Waals surface area (Å²) in [5, 5.41) is 0. The van der Waals surface area contributed by atoms with Crippen LogP contribution in [-0.2, 0) is 14.3 Å². The normalized spacial score (nSPS) is 10.3. The number of ether oxygens (including phenoxy) is 4. The Morgan fingerprint density at radius 3 is 2.31 bits per heavy atom. The van der Waals surface area contributed by atoms with Crippen LogP contribution >= 0.6 is 0 Å². The van der Waals surface area contributed by atoms with Gasteiger partial charge in [0.05, 0.1) is 26.4 Å². The van der Waals surface area contributed by atoms with Crippen LogP contribution in [0.3, 0.4) is 0 Å². The lowest BCUT2D eigenvalue weighted by Gasteiger charge is -2.09. The van der Waals surface area contributed by atoms with Crippen molar-refractivity contribution >= 4 is 23.9 Å². The molecule has 2 amide bonds. The van der Waals surface area contributed by atoms with Crippen molar-refractivity contribution in [2.24, 2.45) is 0 Å². The molecule has 2 aromatic rings. The van der Waals surface area contributed by atoms with Crippen LogP contribution in [0.15, 0.2) is 48.5 Å². The summed E-state index contributed by atoms with van der Waals surface area (Å²) in [6, 6.07) is 11.4. The van der Waals surface area contributed by atoms with E-state index in [0.29, 0.717) is 29.4 Å². The molecule has 0 atom stereocenters. The van der Waals surface area contributed by atoms with Crippen molar-refractivity contribution in [3.05, 3.63) is 59.7 Å². The van der Waals surface area contributed by atoms with Gasteiger partial charge < -0.3 is 18.9 Å². The second-order valence-electron chi connectivity index (χ2n) is 6.43. The maximum absolute atomic E-state index is 11.9. The summed E-state index contributed by atoms with van der Waals surface area (Å²) in [7, 11) is 3.05. The zero-order chi connectivity index (χ0) is 23.3. The monoisotopic (exact) mass is 442 g/mol. The smallest absolute Gasteiger partial charge is 0.338 e. The summed E-state index contributed by atoms with van der Waals surface area (Å²) in [6.45, 7) is 1.94. The number of amides is 2. The third-order valence-corrected chi connectivity index (χ3v) is 4.06. The van der Waals surface area contributed by atoms with Gasteiger partial charge >= 0.3 is 5.97 Å². The number of rotatable bonds is 10. The minimum atomic E-state index is -0.552. The molecule has 32 heavy (non-hydrogen) atoms. The zero-order valence-electron chi connectivity index (χ0n) is 18.2. The van der Waals surface area contributed by atoms with Gasteiger partial charge in [-0.15, -0.1) is 0 Å². The van der Waals surface area contributed by atoms with Crippen LogP contribution in [-0.4, -0.2) is 45.2 Å². The molecule has 170 valence electrons. The van der Waals surface area contributed by atoms with Crippen molar-refractivity contribution in [3.8, 4) is 17.2 Å². The Hall–Kier alpha value is -4.01. The van der Waals surface area contributed by atoms with E-state index >= 15 is 0 Å². The first kappa shape index (κ1) is 24.3. The molecule has 0 bridgehead atoms. The van der Waals surface area contributed by atoms with Crippen LogP contribution in [0.2, 0.25) is 0 Å². The van der Waals surface area contributed by atoms with Crippen LogP contribution < -0.4 is 25.1 Å². The van der Waals surface area contributed by atoms with Gasteiger partial charge in [0.25, 0.3) is 11.8 Å². The number of benzene rings is 2. The molecule has 9 heteroatoms. The molecule has 9 nitrogen and oxygen atoms in total. The molecule has 0 aliphatic rings. The highest BCUT2D eigenvalue weighted by molar-refractivity contribution is 5.93. The van der Waals surface area contributed by atoms with E-state index < -0.39 is 17.8 Å². The second-order valence-corrected chi connectivity index (χ2v) is 6.43. The molecular formula is C23H26N2O7. The van der Waals surface area contributed by atoms with Crippen molar-refractivity contribution < 1.29 is 33.3 Å². The Labute approximate surface area is 186 Å². The molecule has 0 aromatic heterocycles. The average Bonchev–Trinajstić information content (AvgIpc) is 2.83. The molecule has 2 aromatic carbocycles. The average molecular weight is 442 g/mol. The maximum Gasteiger partial charge on any atom is 0.338 e. The van der Waals surface area contributed by atoms with Gasteiger partial charge in [-0.05, 0) is 54.5 Å². The quantitative estimate of drug-likeness (QED) is 0.330. The first-order valence-corrected chi connectivity index (χ1v) is 9.85. The lowest BCUT2D eigenvalue weighted by atomic mass is 10.2. The predicted octanol–water partition coefficient (Wildman–Crippen LogP) is 2.51. The van der Waals surface area contributed by atoms with Crippen molar-refractivity contribution in [1.29, 1.82) is 0 Å². The van der Waals surface area contributed by atoms with Gasteiger partial charge in [0.2, 0.25) is 0 Å². The Kier molecular flexibility index (Phi) is 9.58. The molecule has 0 spiro atoms. The highest BCUT2D eigenvalue weighted by atomic mass is 16.5. The van der Waals surface area contributed by atoms with Crippen molar-refractivity contribution in [2.45, 2.75) is 13.3 Å².